The van der Waals surface area contributed by atoms with E-state index in [9.17, 15) is 4.79 Å². The Morgan fingerprint density at radius 1 is 1.42 bits per heavy atom. The van der Waals surface area contributed by atoms with Crippen LogP contribution in [-0.4, -0.2) is 29.0 Å². The molecule has 0 heterocycles. The van der Waals surface area contributed by atoms with Gasteiger partial charge in [-0.25, -0.2) is 4.79 Å². The van der Waals surface area contributed by atoms with Gasteiger partial charge in [-0.1, -0.05) is 49.5 Å². The Bertz CT molecular complexity index is 422. The van der Waals surface area contributed by atoms with Gasteiger partial charge in [-0.15, -0.1) is 0 Å². The summed E-state index contributed by atoms with van der Waals surface area (Å²) in [6.45, 7) is 5.57. The molecule has 5 heteroatoms. The molecule has 4 nitrogen and oxygen atoms in total. The van der Waals surface area contributed by atoms with Gasteiger partial charge in [-0.3, -0.25) is 0 Å². The maximum absolute atomic E-state index is 12.0. The molecule has 3 N–H and O–H groups in total. The van der Waals surface area contributed by atoms with E-state index < -0.39 is 0 Å². The zero-order valence-corrected chi connectivity index (χ0v) is 12.2. The maximum Gasteiger partial charge on any atom is 0.317 e. The first-order valence-electron chi connectivity index (χ1n) is 6.40. The standard InChI is InChI=1S/C14H21N3OS/c1-3-17(10-11(2)13(15)19)14(18)16-9-12-7-5-4-6-8-12/h4-8,11H,3,9-10H2,1-2H3,(H2,15,19)(H,16,18). The first-order chi connectivity index (χ1) is 9.04. The highest BCUT2D eigenvalue weighted by atomic mass is 32.1. The van der Waals surface area contributed by atoms with Gasteiger partial charge in [0, 0.05) is 25.6 Å². The number of carbonyl (C=O) groups is 1. The molecular weight excluding hydrogens is 258 g/mol. The SMILES string of the molecule is CCN(CC(C)C(N)=S)C(=O)NCc1ccccc1. The fourth-order valence-electron chi connectivity index (χ4n) is 1.66. The molecule has 0 aromatic heterocycles. The monoisotopic (exact) mass is 279 g/mol. The third kappa shape index (κ3) is 5.26. The largest absolute Gasteiger partial charge is 0.393 e. The average Bonchev–Trinajstić information content (AvgIpc) is 2.42. The van der Waals surface area contributed by atoms with Gasteiger partial charge in [0.2, 0.25) is 0 Å². The topological polar surface area (TPSA) is 58.4 Å². The summed E-state index contributed by atoms with van der Waals surface area (Å²) in [5, 5.41) is 2.90. The number of urea groups is 1. The summed E-state index contributed by atoms with van der Waals surface area (Å²) in [5.74, 6) is 0.0254. The summed E-state index contributed by atoms with van der Waals surface area (Å²) in [7, 11) is 0. The molecule has 104 valence electrons. The number of carbonyl (C=O) groups excluding carboxylic acids is 1. The van der Waals surface area contributed by atoms with Crippen LogP contribution in [0.15, 0.2) is 30.3 Å². The van der Waals surface area contributed by atoms with Gasteiger partial charge in [-0.2, -0.15) is 0 Å². The average molecular weight is 279 g/mol. The van der Waals surface area contributed by atoms with E-state index in [0.717, 1.165) is 5.56 Å². The molecule has 0 fully saturated rings. The minimum Gasteiger partial charge on any atom is -0.393 e. The quantitative estimate of drug-likeness (QED) is 0.784. The number of nitrogens with zero attached hydrogens (tertiary/aromatic N) is 1. The van der Waals surface area contributed by atoms with Crippen LogP contribution in [0.4, 0.5) is 4.79 Å². The lowest BCUT2D eigenvalue weighted by Gasteiger charge is -2.24. The molecule has 1 atom stereocenters. The van der Waals surface area contributed by atoms with E-state index in [0.29, 0.717) is 24.6 Å². The second kappa shape index (κ2) is 7.74. The van der Waals surface area contributed by atoms with Crippen molar-refractivity contribution in [1.82, 2.24) is 10.2 Å². The zero-order valence-electron chi connectivity index (χ0n) is 11.4. The van der Waals surface area contributed by atoms with E-state index in [4.69, 9.17) is 18.0 Å². The van der Waals surface area contributed by atoms with Gasteiger partial charge in [0.25, 0.3) is 0 Å². The van der Waals surface area contributed by atoms with Crippen molar-refractivity contribution >= 4 is 23.2 Å². The Kier molecular flexibility index (Phi) is 6.29. The molecule has 0 aliphatic carbocycles. The smallest absolute Gasteiger partial charge is 0.317 e. The second-order valence-corrected chi connectivity index (χ2v) is 4.96. The zero-order chi connectivity index (χ0) is 14.3. The highest BCUT2D eigenvalue weighted by Gasteiger charge is 2.15. The van der Waals surface area contributed by atoms with Crippen molar-refractivity contribution in [3.8, 4) is 0 Å². The minimum absolute atomic E-state index is 0.0254. The predicted molar refractivity (Wildman–Crippen MR) is 81.9 cm³/mol. The van der Waals surface area contributed by atoms with E-state index in [1.807, 2.05) is 44.2 Å². The lowest BCUT2D eigenvalue weighted by atomic mass is 10.1. The summed E-state index contributed by atoms with van der Waals surface area (Å²) in [5.41, 5.74) is 6.66. The van der Waals surface area contributed by atoms with E-state index in [2.05, 4.69) is 5.32 Å². The van der Waals surface area contributed by atoms with Crippen LogP contribution in [0.1, 0.15) is 19.4 Å². The fourth-order valence-corrected chi connectivity index (χ4v) is 1.74. The molecule has 0 aliphatic heterocycles. The van der Waals surface area contributed by atoms with E-state index >= 15 is 0 Å². The second-order valence-electron chi connectivity index (χ2n) is 4.49. The minimum atomic E-state index is -0.0885. The van der Waals surface area contributed by atoms with Crippen molar-refractivity contribution in [2.24, 2.45) is 11.7 Å². The first-order valence-corrected chi connectivity index (χ1v) is 6.81. The van der Waals surface area contributed by atoms with Crippen molar-refractivity contribution in [3.63, 3.8) is 0 Å². The molecule has 0 radical (unpaired) electrons. The normalized spacial score (nSPS) is 11.7. The number of nitrogens with two attached hydrogens (primary N) is 1. The lowest BCUT2D eigenvalue weighted by Crippen LogP contribution is -2.43. The number of hydrogen-bond acceptors (Lipinski definition) is 2. The van der Waals surface area contributed by atoms with Gasteiger partial charge in [-0.05, 0) is 12.5 Å². The van der Waals surface area contributed by atoms with Crippen LogP contribution in [0.5, 0.6) is 0 Å². The Hall–Kier alpha value is -1.62. The number of nitrogens with one attached hydrogen (secondary N) is 1. The van der Waals surface area contributed by atoms with E-state index in [-0.39, 0.29) is 11.9 Å². The number of thiocarbonyl (C=S) groups is 1. The Labute approximate surface area is 120 Å². The molecule has 2 amide bonds. The molecule has 0 spiro atoms. The van der Waals surface area contributed by atoms with Crippen LogP contribution in [0.25, 0.3) is 0 Å². The van der Waals surface area contributed by atoms with Gasteiger partial charge >= 0.3 is 6.03 Å². The van der Waals surface area contributed by atoms with Crippen molar-refractivity contribution < 1.29 is 4.79 Å². The van der Waals surface area contributed by atoms with E-state index in [1.165, 1.54) is 0 Å². The van der Waals surface area contributed by atoms with Gasteiger partial charge < -0.3 is 16.0 Å². The third-order valence-electron chi connectivity index (χ3n) is 2.94. The Morgan fingerprint density at radius 2 is 2.05 bits per heavy atom. The molecule has 1 rings (SSSR count). The van der Waals surface area contributed by atoms with Gasteiger partial charge in [0.1, 0.15) is 0 Å². The number of hydrogen-bond donors (Lipinski definition) is 2. The summed E-state index contributed by atoms with van der Waals surface area (Å²) >= 11 is 4.93. The maximum atomic E-state index is 12.0. The van der Waals surface area contributed by atoms with Crippen LogP contribution < -0.4 is 11.1 Å². The number of benzene rings is 1. The molecule has 1 aromatic rings. The van der Waals surface area contributed by atoms with Crippen LogP contribution in [0.2, 0.25) is 0 Å². The molecule has 19 heavy (non-hydrogen) atoms. The van der Waals surface area contributed by atoms with Crippen molar-refractivity contribution in [1.29, 1.82) is 0 Å². The van der Waals surface area contributed by atoms with Crippen LogP contribution >= 0.6 is 12.2 Å². The number of amides is 2. The molecule has 0 bridgehead atoms. The predicted octanol–water partition coefficient (Wildman–Crippen LogP) is 2.14. The molecule has 0 saturated heterocycles. The summed E-state index contributed by atoms with van der Waals surface area (Å²) < 4.78 is 0. The molecule has 0 aliphatic rings. The summed E-state index contributed by atoms with van der Waals surface area (Å²) in [6, 6.07) is 9.73. The lowest BCUT2D eigenvalue weighted by molar-refractivity contribution is 0.197. The third-order valence-corrected chi connectivity index (χ3v) is 3.34. The van der Waals surface area contributed by atoms with Crippen LogP contribution in [0, 0.1) is 5.92 Å². The molecular formula is C14H21N3OS. The van der Waals surface area contributed by atoms with Crippen molar-refractivity contribution in [3.05, 3.63) is 35.9 Å². The number of rotatable bonds is 6. The van der Waals surface area contributed by atoms with Crippen LogP contribution in [-0.2, 0) is 6.54 Å². The van der Waals surface area contributed by atoms with Gasteiger partial charge in [0.05, 0.1) is 4.99 Å². The van der Waals surface area contributed by atoms with E-state index in [1.54, 1.807) is 4.90 Å². The van der Waals surface area contributed by atoms with Crippen molar-refractivity contribution in [2.45, 2.75) is 20.4 Å². The Morgan fingerprint density at radius 3 is 2.58 bits per heavy atom. The highest BCUT2D eigenvalue weighted by Crippen LogP contribution is 2.02. The highest BCUT2D eigenvalue weighted by molar-refractivity contribution is 7.80. The summed E-state index contributed by atoms with van der Waals surface area (Å²) in [4.78, 5) is 14.2. The summed E-state index contributed by atoms with van der Waals surface area (Å²) in [6.07, 6.45) is 0. The van der Waals surface area contributed by atoms with Crippen LogP contribution in [0.3, 0.4) is 0 Å². The molecule has 1 aromatic carbocycles. The Balaban J connectivity index is 2.48. The fraction of sp³-hybridized carbons (Fsp3) is 0.429. The van der Waals surface area contributed by atoms with Gasteiger partial charge in [0.15, 0.2) is 0 Å². The van der Waals surface area contributed by atoms with Crippen molar-refractivity contribution in [2.75, 3.05) is 13.1 Å². The molecule has 1 unspecified atom stereocenters. The first kappa shape index (κ1) is 15.4. The molecule has 0 saturated carbocycles.